The largest absolute Gasteiger partial charge is 0.379 e. The van der Waals surface area contributed by atoms with Crippen LogP contribution >= 0.6 is 11.8 Å². The third-order valence-electron chi connectivity index (χ3n) is 3.25. The van der Waals surface area contributed by atoms with Gasteiger partial charge in [0, 0.05) is 17.4 Å². The first-order valence-electron chi connectivity index (χ1n) is 7.17. The highest BCUT2D eigenvalue weighted by Gasteiger charge is 2.14. The standard InChI is InChI=1S/C16H18FN5OS/c1-9-7-20-14(8-19-9)15(23)22-11-4-5-13(17)12(6-11)10(2)21-16(18)24-3/h4-8,10H,1-3H3,(H2,18,21)(H,22,23). The number of nitrogens with zero attached hydrogens (tertiary/aromatic N) is 3. The van der Waals surface area contributed by atoms with Gasteiger partial charge in [-0.05, 0) is 38.3 Å². The van der Waals surface area contributed by atoms with Gasteiger partial charge in [0.15, 0.2) is 5.17 Å². The van der Waals surface area contributed by atoms with Crippen molar-refractivity contribution in [1.29, 1.82) is 0 Å². The van der Waals surface area contributed by atoms with Gasteiger partial charge < -0.3 is 11.1 Å². The molecule has 8 heteroatoms. The van der Waals surface area contributed by atoms with Crippen LogP contribution in [0.25, 0.3) is 0 Å². The highest BCUT2D eigenvalue weighted by molar-refractivity contribution is 8.13. The highest BCUT2D eigenvalue weighted by atomic mass is 32.2. The summed E-state index contributed by atoms with van der Waals surface area (Å²) in [5.74, 6) is -0.826. The Bertz CT molecular complexity index is 764. The second-order valence-electron chi connectivity index (χ2n) is 5.08. The van der Waals surface area contributed by atoms with Crippen molar-refractivity contribution >= 4 is 28.5 Å². The third kappa shape index (κ3) is 4.51. The number of nitrogens with two attached hydrogens (primary N) is 1. The van der Waals surface area contributed by atoms with Crippen LogP contribution in [0.4, 0.5) is 10.1 Å². The number of hydrogen-bond donors (Lipinski definition) is 2. The van der Waals surface area contributed by atoms with Gasteiger partial charge in [-0.1, -0.05) is 11.8 Å². The number of aryl methyl sites for hydroxylation is 1. The summed E-state index contributed by atoms with van der Waals surface area (Å²) in [6, 6.07) is 3.84. The predicted molar refractivity (Wildman–Crippen MR) is 94.7 cm³/mol. The normalized spacial score (nSPS) is 12.8. The first-order valence-corrected chi connectivity index (χ1v) is 8.40. The quantitative estimate of drug-likeness (QED) is 0.655. The van der Waals surface area contributed by atoms with Gasteiger partial charge in [0.2, 0.25) is 0 Å². The molecule has 1 aromatic carbocycles. The minimum absolute atomic E-state index is 0.184. The Labute approximate surface area is 143 Å². The number of aliphatic imine (C=N–C) groups is 1. The number of carbonyl (C=O) groups excluding carboxylic acids is 1. The summed E-state index contributed by atoms with van der Waals surface area (Å²) in [5.41, 5.74) is 7.37. The Morgan fingerprint density at radius 1 is 1.38 bits per heavy atom. The molecule has 0 bridgehead atoms. The average molecular weight is 347 g/mol. The smallest absolute Gasteiger partial charge is 0.275 e. The van der Waals surface area contributed by atoms with Gasteiger partial charge in [-0.25, -0.2) is 9.37 Å². The van der Waals surface area contributed by atoms with Crippen molar-refractivity contribution in [2.45, 2.75) is 19.9 Å². The molecule has 0 aliphatic rings. The molecular weight excluding hydrogens is 329 g/mol. The molecule has 1 heterocycles. The second kappa shape index (κ2) is 7.87. The number of amides is 1. The molecule has 0 saturated carbocycles. The van der Waals surface area contributed by atoms with E-state index in [-0.39, 0.29) is 5.69 Å². The molecule has 2 rings (SSSR count). The van der Waals surface area contributed by atoms with E-state index in [9.17, 15) is 9.18 Å². The van der Waals surface area contributed by atoms with E-state index < -0.39 is 17.8 Å². The summed E-state index contributed by atoms with van der Waals surface area (Å²) >= 11 is 1.29. The molecule has 1 amide bonds. The zero-order valence-electron chi connectivity index (χ0n) is 13.6. The minimum Gasteiger partial charge on any atom is -0.379 e. The summed E-state index contributed by atoms with van der Waals surface area (Å²) in [6.45, 7) is 3.52. The van der Waals surface area contributed by atoms with E-state index >= 15 is 0 Å². The maximum Gasteiger partial charge on any atom is 0.275 e. The lowest BCUT2D eigenvalue weighted by Gasteiger charge is -2.12. The van der Waals surface area contributed by atoms with Crippen LogP contribution in [0.15, 0.2) is 35.6 Å². The van der Waals surface area contributed by atoms with Crippen molar-refractivity contribution < 1.29 is 9.18 Å². The summed E-state index contributed by atoms with van der Waals surface area (Å²) in [4.78, 5) is 24.4. The van der Waals surface area contributed by atoms with Crippen LogP contribution in [0, 0.1) is 12.7 Å². The number of benzene rings is 1. The number of rotatable bonds is 4. The Hall–Kier alpha value is -2.48. The summed E-state index contributed by atoms with van der Waals surface area (Å²) in [6.07, 6.45) is 4.69. The molecule has 1 unspecified atom stereocenters. The van der Waals surface area contributed by atoms with E-state index in [1.165, 1.54) is 42.4 Å². The van der Waals surface area contributed by atoms with E-state index in [2.05, 4.69) is 20.3 Å². The van der Waals surface area contributed by atoms with Crippen LogP contribution in [0.2, 0.25) is 0 Å². The Kier molecular flexibility index (Phi) is 5.86. The topological polar surface area (TPSA) is 93.3 Å². The lowest BCUT2D eigenvalue weighted by molar-refractivity contribution is 0.102. The monoisotopic (exact) mass is 347 g/mol. The number of thioether (sulfide) groups is 1. The molecule has 0 aliphatic heterocycles. The number of amidine groups is 1. The SMILES string of the molecule is CSC(N)=NC(C)c1cc(NC(=O)c2cnc(C)cn2)ccc1F. The fraction of sp³-hybridized carbons (Fsp3) is 0.250. The van der Waals surface area contributed by atoms with E-state index in [1.54, 1.807) is 20.1 Å². The summed E-state index contributed by atoms with van der Waals surface area (Å²) < 4.78 is 14.0. The van der Waals surface area contributed by atoms with Gasteiger partial charge in [0.05, 0.1) is 17.9 Å². The Balaban J connectivity index is 2.21. The lowest BCUT2D eigenvalue weighted by atomic mass is 10.1. The fourth-order valence-electron chi connectivity index (χ4n) is 1.96. The maximum absolute atomic E-state index is 14.0. The first kappa shape index (κ1) is 17.9. The first-order chi connectivity index (χ1) is 11.4. The van der Waals surface area contributed by atoms with Crippen molar-refractivity contribution in [3.8, 4) is 0 Å². The molecule has 1 atom stereocenters. The fourth-order valence-corrected chi connectivity index (χ4v) is 2.22. The predicted octanol–water partition coefficient (Wildman–Crippen LogP) is 2.92. The number of halogens is 1. The van der Waals surface area contributed by atoms with Gasteiger partial charge in [-0.3, -0.25) is 14.8 Å². The number of hydrogen-bond acceptors (Lipinski definition) is 5. The zero-order valence-corrected chi connectivity index (χ0v) is 14.4. The van der Waals surface area contributed by atoms with Crippen LogP contribution in [-0.2, 0) is 0 Å². The van der Waals surface area contributed by atoms with Crippen molar-refractivity contribution in [2.75, 3.05) is 11.6 Å². The molecule has 0 aliphatic carbocycles. The van der Waals surface area contributed by atoms with Crippen molar-refractivity contribution in [3.63, 3.8) is 0 Å². The highest BCUT2D eigenvalue weighted by Crippen LogP contribution is 2.24. The van der Waals surface area contributed by atoms with Crippen LogP contribution in [0.3, 0.4) is 0 Å². The summed E-state index contributed by atoms with van der Waals surface area (Å²) in [7, 11) is 0. The Morgan fingerprint density at radius 2 is 2.12 bits per heavy atom. The zero-order chi connectivity index (χ0) is 17.7. The van der Waals surface area contributed by atoms with Crippen molar-refractivity contribution in [2.24, 2.45) is 10.7 Å². The number of carbonyl (C=O) groups is 1. The molecule has 0 saturated heterocycles. The molecule has 126 valence electrons. The van der Waals surface area contributed by atoms with Crippen molar-refractivity contribution in [3.05, 3.63) is 53.4 Å². The average Bonchev–Trinajstić information content (AvgIpc) is 2.56. The molecule has 1 aromatic heterocycles. The molecule has 0 radical (unpaired) electrons. The number of aromatic nitrogens is 2. The van der Waals surface area contributed by atoms with Crippen LogP contribution in [0.1, 0.15) is 34.7 Å². The number of nitrogens with one attached hydrogen (secondary N) is 1. The van der Waals surface area contributed by atoms with Gasteiger partial charge in [0.1, 0.15) is 11.5 Å². The van der Waals surface area contributed by atoms with E-state index in [1.807, 2.05) is 0 Å². The maximum atomic E-state index is 14.0. The molecule has 24 heavy (non-hydrogen) atoms. The molecular formula is C16H18FN5OS. The molecule has 0 spiro atoms. The lowest BCUT2D eigenvalue weighted by Crippen LogP contribution is -2.15. The minimum atomic E-state index is -0.464. The van der Waals surface area contributed by atoms with E-state index in [0.717, 1.165) is 0 Å². The Morgan fingerprint density at radius 3 is 2.75 bits per heavy atom. The van der Waals surface area contributed by atoms with Gasteiger partial charge in [0.25, 0.3) is 5.91 Å². The molecule has 0 fully saturated rings. The van der Waals surface area contributed by atoms with E-state index in [0.29, 0.717) is 22.1 Å². The van der Waals surface area contributed by atoms with Crippen LogP contribution < -0.4 is 11.1 Å². The molecule has 2 aromatic rings. The number of anilines is 1. The molecule has 3 N–H and O–H groups in total. The molecule has 6 nitrogen and oxygen atoms in total. The van der Waals surface area contributed by atoms with E-state index in [4.69, 9.17) is 5.73 Å². The summed E-state index contributed by atoms with van der Waals surface area (Å²) in [5, 5.41) is 3.04. The second-order valence-corrected chi connectivity index (χ2v) is 5.91. The van der Waals surface area contributed by atoms with Gasteiger partial charge in [-0.2, -0.15) is 0 Å². The third-order valence-corrected chi connectivity index (χ3v) is 3.77. The van der Waals surface area contributed by atoms with Gasteiger partial charge >= 0.3 is 0 Å². The van der Waals surface area contributed by atoms with Crippen LogP contribution in [0.5, 0.6) is 0 Å². The van der Waals surface area contributed by atoms with Gasteiger partial charge in [-0.15, -0.1) is 0 Å². The van der Waals surface area contributed by atoms with Crippen molar-refractivity contribution in [1.82, 2.24) is 9.97 Å². The van der Waals surface area contributed by atoms with Crippen LogP contribution in [-0.4, -0.2) is 27.3 Å².